The van der Waals surface area contributed by atoms with Crippen molar-refractivity contribution in [1.29, 1.82) is 0 Å². The summed E-state index contributed by atoms with van der Waals surface area (Å²) in [7, 11) is 1.49. The third kappa shape index (κ3) is 13.1. The summed E-state index contributed by atoms with van der Waals surface area (Å²) in [5.41, 5.74) is 4.40. The van der Waals surface area contributed by atoms with Gasteiger partial charge in [0.15, 0.2) is 0 Å². The molecule has 7 nitrogen and oxygen atoms in total. The number of rotatable bonds is 16. The molecule has 0 aromatic heterocycles. The van der Waals surface area contributed by atoms with E-state index in [-0.39, 0.29) is 24.1 Å². The first kappa shape index (κ1) is 40.8. The number of carbonyl (C=O) groups is 1. The van der Waals surface area contributed by atoms with Gasteiger partial charge in [-0.25, -0.2) is 0 Å². The van der Waals surface area contributed by atoms with Crippen molar-refractivity contribution < 1.29 is 33.2 Å². The summed E-state index contributed by atoms with van der Waals surface area (Å²) in [4.78, 5) is 12.3. The van der Waals surface area contributed by atoms with E-state index in [4.69, 9.17) is 28.4 Å². The van der Waals surface area contributed by atoms with Crippen LogP contribution in [0, 0.1) is 11.8 Å². The minimum atomic E-state index is -0.455. The first-order chi connectivity index (χ1) is 27.2. The molecule has 1 saturated carbocycles. The second kappa shape index (κ2) is 22.6. The summed E-state index contributed by atoms with van der Waals surface area (Å²) < 4.78 is 39.9. The lowest BCUT2D eigenvalue weighted by molar-refractivity contribution is -0.282. The van der Waals surface area contributed by atoms with Gasteiger partial charge in [0.05, 0.1) is 46.2 Å². The molecule has 2 aliphatic rings. The predicted octanol–water partition coefficient (Wildman–Crippen LogP) is 10.0. The van der Waals surface area contributed by atoms with E-state index < -0.39 is 18.3 Å². The number of hydrogen-bond donors (Lipinski definition) is 0. The van der Waals surface area contributed by atoms with E-state index in [1.807, 2.05) is 48.5 Å². The molecule has 1 aliphatic carbocycles. The Balaban J connectivity index is 1.32. The molecule has 5 unspecified atom stereocenters. The van der Waals surface area contributed by atoms with Crippen molar-refractivity contribution in [3.8, 4) is 0 Å². The molecule has 6 rings (SSSR count). The van der Waals surface area contributed by atoms with Crippen molar-refractivity contribution in [3.63, 3.8) is 0 Å². The van der Waals surface area contributed by atoms with Crippen LogP contribution in [0.15, 0.2) is 121 Å². The van der Waals surface area contributed by atoms with Gasteiger partial charge >= 0.3 is 5.97 Å². The first-order valence-electron chi connectivity index (χ1n) is 20.5. The van der Waals surface area contributed by atoms with Crippen molar-refractivity contribution in [1.82, 2.24) is 0 Å². The van der Waals surface area contributed by atoms with E-state index in [1.54, 1.807) is 0 Å². The molecule has 4 aromatic carbocycles. The predicted molar refractivity (Wildman–Crippen MR) is 215 cm³/mol. The molecule has 1 aliphatic heterocycles. The fraction of sp³-hybridized carbons (Fsp3) is 0.479. The van der Waals surface area contributed by atoms with Crippen molar-refractivity contribution in [3.05, 3.63) is 144 Å². The topological polar surface area (TPSA) is 72.5 Å². The van der Waals surface area contributed by atoms with E-state index in [9.17, 15) is 4.79 Å². The molecule has 0 radical (unpaired) electrons. The first-order valence-corrected chi connectivity index (χ1v) is 20.5. The molecular weight excluding hydrogens is 689 g/mol. The SMILES string of the molecule is COC(=O)CC1CCCCCCC(C2OC(COCc3ccccc3)[C@@H](OCc3ccccc3)C(OCc3ccccc3)[C@H]2OCc2ccccc2)CCC1. The van der Waals surface area contributed by atoms with Crippen LogP contribution < -0.4 is 0 Å². The maximum atomic E-state index is 12.3. The molecule has 2 fully saturated rings. The van der Waals surface area contributed by atoms with Crippen LogP contribution in [0.25, 0.3) is 0 Å². The van der Waals surface area contributed by atoms with Gasteiger partial charge in [-0.05, 0) is 59.8 Å². The second-order valence-electron chi connectivity index (χ2n) is 15.3. The van der Waals surface area contributed by atoms with Crippen LogP contribution in [0.3, 0.4) is 0 Å². The van der Waals surface area contributed by atoms with Crippen LogP contribution in [-0.2, 0) is 59.6 Å². The van der Waals surface area contributed by atoms with Gasteiger partial charge in [-0.2, -0.15) is 0 Å². The zero-order chi connectivity index (χ0) is 37.9. The van der Waals surface area contributed by atoms with Crippen LogP contribution in [0.4, 0.5) is 0 Å². The number of hydrogen-bond acceptors (Lipinski definition) is 7. The van der Waals surface area contributed by atoms with Crippen molar-refractivity contribution >= 4 is 5.97 Å². The van der Waals surface area contributed by atoms with Crippen LogP contribution in [0.5, 0.6) is 0 Å². The van der Waals surface area contributed by atoms with E-state index in [0.717, 1.165) is 80.0 Å². The second-order valence-corrected chi connectivity index (χ2v) is 15.3. The summed E-state index contributed by atoms with van der Waals surface area (Å²) in [6.45, 7) is 2.11. The molecule has 4 aromatic rings. The maximum Gasteiger partial charge on any atom is 0.305 e. The van der Waals surface area contributed by atoms with E-state index >= 15 is 0 Å². The van der Waals surface area contributed by atoms with E-state index in [1.165, 1.54) is 7.11 Å². The molecule has 7 atom stereocenters. The Hall–Kier alpha value is -3.85. The average Bonchev–Trinajstić information content (AvgIpc) is 3.28. The van der Waals surface area contributed by atoms with Gasteiger partial charge in [-0.1, -0.05) is 153 Å². The molecule has 0 spiro atoms. The van der Waals surface area contributed by atoms with Gasteiger partial charge in [-0.15, -0.1) is 0 Å². The maximum absolute atomic E-state index is 12.3. The zero-order valence-corrected chi connectivity index (χ0v) is 32.6. The molecule has 7 heteroatoms. The van der Waals surface area contributed by atoms with Crippen molar-refractivity contribution in [2.45, 2.75) is 121 Å². The average molecular weight is 749 g/mol. The summed E-state index contributed by atoms with van der Waals surface area (Å²) in [5.74, 6) is 0.451. The molecule has 294 valence electrons. The Morgan fingerprint density at radius 2 is 1.00 bits per heavy atom. The van der Waals surface area contributed by atoms with Crippen LogP contribution in [0.2, 0.25) is 0 Å². The van der Waals surface area contributed by atoms with Crippen molar-refractivity contribution in [2.24, 2.45) is 11.8 Å². The lowest BCUT2D eigenvalue weighted by Gasteiger charge is -2.48. The largest absolute Gasteiger partial charge is 0.469 e. The zero-order valence-electron chi connectivity index (χ0n) is 32.6. The summed E-state index contributed by atoms with van der Waals surface area (Å²) in [6, 6.07) is 41.3. The Bertz CT molecular complexity index is 1620. The highest BCUT2D eigenvalue weighted by Gasteiger charge is 2.50. The highest BCUT2D eigenvalue weighted by Crippen LogP contribution is 2.38. The Morgan fingerprint density at radius 1 is 0.545 bits per heavy atom. The van der Waals surface area contributed by atoms with Gasteiger partial charge in [0.25, 0.3) is 0 Å². The van der Waals surface area contributed by atoms with Crippen LogP contribution in [-0.4, -0.2) is 50.2 Å². The highest BCUT2D eigenvalue weighted by molar-refractivity contribution is 5.69. The van der Waals surface area contributed by atoms with Crippen molar-refractivity contribution in [2.75, 3.05) is 13.7 Å². The normalized spacial score (nSPS) is 25.1. The summed E-state index contributed by atoms with van der Waals surface area (Å²) in [6.07, 6.45) is 8.25. The summed E-state index contributed by atoms with van der Waals surface area (Å²) >= 11 is 0. The molecule has 0 N–H and O–H groups in total. The Kier molecular flexibility index (Phi) is 16.8. The monoisotopic (exact) mass is 748 g/mol. The third-order valence-corrected chi connectivity index (χ3v) is 11.2. The summed E-state index contributed by atoms with van der Waals surface area (Å²) in [5, 5.41) is 0. The number of esters is 1. The van der Waals surface area contributed by atoms with Gasteiger partial charge < -0.3 is 28.4 Å². The van der Waals surface area contributed by atoms with Crippen LogP contribution in [0.1, 0.15) is 86.5 Å². The number of benzene rings is 4. The minimum Gasteiger partial charge on any atom is -0.469 e. The Morgan fingerprint density at radius 3 is 1.55 bits per heavy atom. The fourth-order valence-corrected chi connectivity index (χ4v) is 8.21. The molecule has 1 heterocycles. The van der Waals surface area contributed by atoms with E-state index in [0.29, 0.717) is 45.4 Å². The number of methoxy groups -OCH3 is 1. The lowest BCUT2D eigenvalue weighted by atomic mass is 9.81. The quantitative estimate of drug-likeness (QED) is 0.106. The highest BCUT2D eigenvalue weighted by atomic mass is 16.6. The third-order valence-electron chi connectivity index (χ3n) is 11.2. The lowest BCUT2D eigenvalue weighted by Crippen LogP contribution is -2.62. The molecule has 0 amide bonds. The van der Waals surface area contributed by atoms with E-state index in [2.05, 4.69) is 72.8 Å². The fourth-order valence-electron chi connectivity index (χ4n) is 8.21. The smallest absolute Gasteiger partial charge is 0.305 e. The molecule has 55 heavy (non-hydrogen) atoms. The minimum absolute atomic E-state index is 0.111. The standard InChI is InChI=1S/C48H60O7/c1-50-44(49)31-37-19-8-2-3-17-29-42(30-18-28-37)45-47(53-34-40-24-13-6-14-25-40)48(54-35-41-26-15-7-16-27-41)46(52-33-39-22-11-5-12-23-39)43(55-45)36-51-32-38-20-9-4-10-21-38/h4-7,9-16,20-27,37,42-43,45-48H,2-3,8,17-19,28-36H2,1H3/t37?,42?,43?,45?,46-,47+,48?/m1/s1. The number of carbonyl (C=O) groups excluding carboxylic acids is 1. The Labute approximate surface area is 328 Å². The number of ether oxygens (including phenoxy) is 6. The van der Waals surface area contributed by atoms with Crippen LogP contribution >= 0.6 is 0 Å². The van der Waals surface area contributed by atoms with Gasteiger partial charge in [0, 0.05) is 6.42 Å². The van der Waals surface area contributed by atoms with Gasteiger partial charge in [0.1, 0.15) is 24.4 Å². The molecule has 0 bridgehead atoms. The molecular formula is C48H60O7. The van der Waals surface area contributed by atoms with Gasteiger partial charge in [-0.3, -0.25) is 4.79 Å². The molecule has 1 saturated heterocycles. The van der Waals surface area contributed by atoms with Gasteiger partial charge in [0.2, 0.25) is 0 Å².